The van der Waals surface area contributed by atoms with E-state index in [-0.39, 0.29) is 29.2 Å². The van der Waals surface area contributed by atoms with Gasteiger partial charge in [-0.1, -0.05) is 0 Å². The van der Waals surface area contributed by atoms with Crippen LogP contribution in [0.1, 0.15) is 38.7 Å². The number of halogens is 2. The van der Waals surface area contributed by atoms with Gasteiger partial charge in [-0.15, -0.1) is 11.3 Å². The van der Waals surface area contributed by atoms with Crippen LogP contribution in [-0.4, -0.2) is 22.8 Å². The van der Waals surface area contributed by atoms with Crippen molar-refractivity contribution in [3.63, 3.8) is 0 Å². The van der Waals surface area contributed by atoms with Gasteiger partial charge in [-0.2, -0.15) is 0 Å². The predicted octanol–water partition coefficient (Wildman–Crippen LogP) is 2.24. The van der Waals surface area contributed by atoms with Crippen LogP contribution >= 0.6 is 11.3 Å². The molecule has 1 aromatic carbocycles. The van der Waals surface area contributed by atoms with E-state index in [1.807, 2.05) is 0 Å². The van der Waals surface area contributed by atoms with Gasteiger partial charge in [0.15, 0.2) is 5.01 Å². The van der Waals surface area contributed by atoms with E-state index in [9.17, 15) is 18.4 Å². The van der Waals surface area contributed by atoms with Crippen molar-refractivity contribution in [1.29, 1.82) is 0 Å². The number of hydrogen-bond donors (Lipinski definition) is 2. The Labute approximate surface area is 134 Å². The van der Waals surface area contributed by atoms with Crippen molar-refractivity contribution >= 4 is 23.2 Å². The standard InChI is InChI=1S/C15H13F2N3O2S/c16-9-3-8(4-10(17)5-9)6-18-13(21)12-7-23-15(20-12)14(22)19-11-1-2-11/h3-5,7,11H,1-2,6H2,(H,18,21)(H,19,22). The zero-order valence-corrected chi connectivity index (χ0v) is 12.8. The summed E-state index contributed by atoms with van der Waals surface area (Å²) in [5.41, 5.74) is 0.408. The minimum Gasteiger partial charge on any atom is -0.347 e. The summed E-state index contributed by atoms with van der Waals surface area (Å²) < 4.78 is 26.1. The lowest BCUT2D eigenvalue weighted by Gasteiger charge is -2.04. The zero-order valence-electron chi connectivity index (χ0n) is 11.9. The lowest BCUT2D eigenvalue weighted by Crippen LogP contribution is -2.26. The molecule has 2 aromatic rings. The van der Waals surface area contributed by atoms with E-state index in [1.54, 1.807) is 0 Å². The van der Waals surface area contributed by atoms with Crippen molar-refractivity contribution in [2.75, 3.05) is 0 Å². The van der Waals surface area contributed by atoms with Crippen molar-refractivity contribution in [3.8, 4) is 0 Å². The Kier molecular flexibility index (Phi) is 4.33. The van der Waals surface area contributed by atoms with Crippen molar-refractivity contribution < 1.29 is 18.4 Å². The molecule has 2 amide bonds. The van der Waals surface area contributed by atoms with Crippen molar-refractivity contribution in [2.45, 2.75) is 25.4 Å². The molecule has 0 aliphatic heterocycles. The fourth-order valence-corrected chi connectivity index (χ4v) is 2.64. The molecule has 0 radical (unpaired) electrons. The van der Waals surface area contributed by atoms with Crippen LogP contribution in [0.5, 0.6) is 0 Å². The minimum absolute atomic E-state index is 0.0331. The maximum Gasteiger partial charge on any atom is 0.280 e. The largest absolute Gasteiger partial charge is 0.347 e. The SMILES string of the molecule is O=C(NCc1cc(F)cc(F)c1)c1csc(C(=O)NC2CC2)n1. The van der Waals surface area contributed by atoms with Crippen LogP contribution in [0.2, 0.25) is 0 Å². The Morgan fingerprint density at radius 2 is 1.87 bits per heavy atom. The second kappa shape index (κ2) is 6.41. The predicted molar refractivity (Wildman–Crippen MR) is 80.1 cm³/mol. The van der Waals surface area contributed by atoms with E-state index in [4.69, 9.17) is 0 Å². The molecular formula is C15H13F2N3O2S. The number of nitrogens with one attached hydrogen (secondary N) is 2. The van der Waals surface area contributed by atoms with Crippen LogP contribution in [-0.2, 0) is 6.54 Å². The van der Waals surface area contributed by atoms with Gasteiger partial charge in [-0.05, 0) is 30.5 Å². The molecule has 0 bridgehead atoms. The maximum atomic E-state index is 13.1. The topological polar surface area (TPSA) is 71.1 Å². The van der Waals surface area contributed by atoms with Gasteiger partial charge in [-0.3, -0.25) is 9.59 Å². The molecule has 23 heavy (non-hydrogen) atoms. The molecular weight excluding hydrogens is 324 g/mol. The first kappa shape index (κ1) is 15.5. The molecule has 1 saturated carbocycles. The van der Waals surface area contributed by atoms with Gasteiger partial charge in [0.2, 0.25) is 0 Å². The number of thiazole rings is 1. The molecule has 1 aromatic heterocycles. The first-order valence-electron chi connectivity index (χ1n) is 7.01. The Balaban J connectivity index is 1.59. The number of aromatic nitrogens is 1. The number of carbonyl (C=O) groups excluding carboxylic acids is 2. The van der Waals surface area contributed by atoms with E-state index < -0.39 is 17.5 Å². The summed E-state index contributed by atoms with van der Waals surface area (Å²) >= 11 is 1.08. The average molecular weight is 337 g/mol. The third-order valence-corrected chi connectivity index (χ3v) is 4.06. The van der Waals surface area contributed by atoms with E-state index in [2.05, 4.69) is 15.6 Å². The number of hydrogen-bond acceptors (Lipinski definition) is 4. The van der Waals surface area contributed by atoms with Gasteiger partial charge >= 0.3 is 0 Å². The summed E-state index contributed by atoms with van der Waals surface area (Å²) in [5, 5.41) is 7.00. The summed E-state index contributed by atoms with van der Waals surface area (Å²) in [6.07, 6.45) is 1.93. The van der Waals surface area contributed by atoms with Gasteiger partial charge < -0.3 is 10.6 Å². The molecule has 0 unspecified atom stereocenters. The number of nitrogens with zero attached hydrogens (tertiary/aromatic N) is 1. The lowest BCUT2D eigenvalue weighted by molar-refractivity contribution is 0.0945. The molecule has 1 heterocycles. The highest BCUT2D eigenvalue weighted by molar-refractivity contribution is 7.11. The third kappa shape index (κ3) is 4.10. The molecule has 1 aliphatic rings. The van der Waals surface area contributed by atoms with Crippen LogP contribution < -0.4 is 10.6 Å². The summed E-state index contributed by atoms with van der Waals surface area (Å²) in [6.45, 7) is -0.0331. The summed E-state index contributed by atoms with van der Waals surface area (Å²) in [7, 11) is 0. The third-order valence-electron chi connectivity index (χ3n) is 3.22. The van der Waals surface area contributed by atoms with Gasteiger partial charge in [0.05, 0.1) is 0 Å². The monoisotopic (exact) mass is 337 g/mol. The Morgan fingerprint density at radius 3 is 2.52 bits per heavy atom. The first-order valence-corrected chi connectivity index (χ1v) is 7.89. The maximum absolute atomic E-state index is 13.1. The number of benzene rings is 1. The molecule has 8 heteroatoms. The first-order chi connectivity index (χ1) is 11.0. The van der Waals surface area contributed by atoms with Crippen LogP contribution in [0.4, 0.5) is 8.78 Å². The fourth-order valence-electron chi connectivity index (χ4n) is 1.94. The molecule has 5 nitrogen and oxygen atoms in total. The van der Waals surface area contributed by atoms with Crippen molar-refractivity contribution in [1.82, 2.24) is 15.6 Å². The van der Waals surface area contributed by atoms with E-state index in [1.165, 1.54) is 5.38 Å². The number of carbonyl (C=O) groups is 2. The molecule has 0 saturated heterocycles. The van der Waals surface area contributed by atoms with Gasteiger partial charge in [0, 0.05) is 24.0 Å². The second-order valence-corrected chi connectivity index (χ2v) is 6.10. The van der Waals surface area contributed by atoms with E-state index >= 15 is 0 Å². The Bertz CT molecular complexity index is 739. The molecule has 0 spiro atoms. The van der Waals surface area contributed by atoms with Crippen molar-refractivity contribution in [2.24, 2.45) is 0 Å². The summed E-state index contributed by atoms with van der Waals surface area (Å²) in [5.74, 6) is -2.20. The highest BCUT2D eigenvalue weighted by Crippen LogP contribution is 2.20. The van der Waals surface area contributed by atoms with Gasteiger partial charge in [0.25, 0.3) is 11.8 Å². The lowest BCUT2D eigenvalue weighted by atomic mass is 10.2. The van der Waals surface area contributed by atoms with Gasteiger partial charge in [-0.25, -0.2) is 13.8 Å². The summed E-state index contributed by atoms with van der Waals surface area (Å²) in [6, 6.07) is 3.25. The minimum atomic E-state index is -0.707. The molecule has 1 fully saturated rings. The van der Waals surface area contributed by atoms with Crippen molar-refractivity contribution in [3.05, 3.63) is 51.5 Å². The highest BCUT2D eigenvalue weighted by atomic mass is 32.1. The number of amides is 2. The molecule has 3 rings (SSSR count). The van der Waals surface area contributed by atoms with Crippen LogP contribution in [0.15, 0.2) is 23.6 Å². The quantitative estimate of drug-likeness (QED) is 0.879. The van der Waals surface area contributed by atoms with Crippen LogP contribution in [0.3, 0.4) is 0 Å². The Hall–Kier alpha value is -2.35. The normalized spacial score (nSPS) is 13.7. The average Bonchev–Trinajstić information content (AvgIpc) is 3.16. The molecule has 0 atom stereocenters. The summed E-state index contributed by atoms with van der Waals surface area (Å²) in [4.78, 5) is 27.8. The van der Waals surface area contributed by atoms with E-state index in [0.29, 0.717) is 5.56 Å². The molecule has 1 aliphatic carbocycles. The molecule has 2 N–H and O–H groups in total. The highest BCUT2D eigenvalue weighted by Gasteiger charge is 2.25. The molecule has 120 valence electrons. The van der Waals surface area contributed by atoms with Crippen LogP contribution in [0.25, 0.3) is 0 Å². The smallest absolute Gasteiger partial charge is 0.280 e. The second-order valence-electron chi connectivity index (χ2n) is 5.25. The fraction of sp³-hybridized carbons (Fsp3) is 0.267. The van der Waals surface area contributed by atoms with Gasteiger partial charge in [0.1, 0.15) is 17.3 Å². The van der Waals surface area contributed by atoms with E-state index in [0.717, 1.165) is 42.4 Å². The zero-order chi connectivity index (χ0) is 16.4. The Morgan fingerprint density at radius 1 is 1.17 bits per heavy atom. The number of rotatable bonds is 5. The van der Waals surface area contributed by atoms with Crippen LogP contribution in [0, 0.1) is 11.6 Å².